The zero-order valence-corrected chi connectivity index (χ0v) is 17.5. The van der Waals surface area contributed by atoms with Gasteiger partial charge in [0, 0.05) is 25.6 Å². The van der Waals surface area contributed by atoms with E-state index in [2.05, 4.69) is 5.32 Å². The molecule has 1 aromatic carbocycles. The van der Waals surface area contributed by atoms with Crippen molar-refractivity contribution in [3.05, 3.63) is 29.8 Å². The molecule has 0 unspecified atom stereocenters. The number of nitrogens with zero attached hydrogens (tertiary/aromatic N) is 1. The summed E-state index contributed by atoms with van der Waals surface area (Å²) in [6, 6.07) is 6.76. The third kappa shape index (κ3) is 6.31. The first-order chi connectivity index (χ1) is 13.3. The van der Waals surface area contributed by atoms with Crippen molar-refractivity contribution in [3.63, 3.8) is 0 Å². The summed E-state index contributed by atoms with van der Waals surface area (Å²) >= 11 is 0. The molecule has 0 spiro atoms. The Morgan fingerprint density at radius 2 is 1.89 bits per heavy atom. The van der Waals surface area contributed by atoms with E-state index >= 15 is 0 Å². The molecule has 156 valence electrons. The molecular weight excluding hydrogens is 380 g/mol. The Morgan fingerprint density at radius 1 is 1.18 bits per heavy atom. The van der Waals surface area contributed by atoms with Crippen LogP contribution < -0.4 is 5.32 Å². The number of amides is 1. The number of ether oxygens (including phenoxy) is 1. The summed E-state index contributed by atoms with van der Waals surface area (Å²) in [6.45, 7) is 4.82. The maximum atomic E-state index is 13.0. The number of sulfonamides is 1. The molecular formula is C20H30N2O5S. The van der Waals surface area contributed by atoms with E-state index in [0.717, 1.165) is 24.8 Å². The summed E-state index contributed by atoms with van der Waals surface area (Å²) in [6.07, 6.45) is 3.28. The van der Waals surface area contributed by atoms with Gasteiger partial charge in [-0.2, -0.15) is 4.31 Å². The SMILES string of the molecule is CCOC(=O)CCC(=O)NCC[C@@H]1CCCCN1S(=O)(=O)c1ccc(C)cc1. The largest absolute Gasteiger partial charge is 0.466 e. The predicted molar refractivity (Wildman–Crippen MR) is 106 cm³/mol. The Morgan fingerprint density at radius 3 is 2.57 bits per heavy atom. The molecule has 1 heterocycles. The first kappa shape index (κ1) is 22.4. The fraction of sp³-hybridized carbons (Fsp3) is 0.600. The minimum atomic E-state index is -3.55. The monoisotopic (exact) mass is 410 g/mol. The van der Waals surface area contributed by atoms with Crippen LogP contribution in [0.1, 0.15) is 51.0 Å². The third-order valence-corrected chi connectivity index (χ3v) is 6.83. The van der Waals surface area contributed by atoms with Gasteiger partial charge < -0.3 is 10.1 Å². The van der Waals surface area contributed by atoms with Crippen LogP contribution in [0.3, 0.4) is 0 Å². The van der Waals surface area contributed by atoms with E-state index < -0.39 is 10.0 Å². The Balaban J connectivity index is 1.90. The van der Waals surface area contributed by atoms with Crippen LogP contribution >= 0.6 is 0 Å². The minimum absolute atomic E-state index is 0.0526. The second-order valence-electron chi connectivity index (χ2n) is 7.02. The van der Waals surface area contributed by atoms with Gasteiger partial charge in [-0.15, -0.1) is 0 Å². The minimum Gasteiger partial charge on any atom is -0.466 e. The average Bonchev–Trinajstić information content (AvgIpc) is 2.67. The Hall–Kier alpha value is -1.93. The third-order valence-electron chi connectivity index (χ3n) is 4.86. The number of aryl methyl sites for hydroxylation is 1. The highest BCUT2D eigenvalue weighted by Crippen LogP contribution is 2.27. The van der Waals surface area contributed by atoms with E-state index in [-0.39, 0.29) is 30.8 Å². The van der Waals surface area contributed by atoms with Crippen molar-refractivity contribution >= 4 is 21.9 Å². The second-order valence-corrected chi connectivity index (χ2v) is 8.91. The van der Waals surface area contributed by atoms with Gasteiger partial charge in [-0.3, -0.25) is 9.59 Å². The number of carbonyl (C=O) groups excluding carboxylic acids is 2. The van der Waals surface area contributed by atoms with Gasteiger partial charge in [0.15, 0.2) is 0 Å². The lowest BCUT2D eigenvalue weighted by Crippen LogP contribution is -2.45. The van der Waals surface area contributed by atoms with Gasteiger partial charge in [0.1, 0.15) is 0 Å². The summed E-state index contributed by atoms with van der Waals surface area (Å²) in [4.78, 5) is 23.5. The number of rotatable bonds is 9. The van der Waals surface area contributed by atoms with Gasteiger partial charge in [-0.25, -0.2) is 8.42 Å². The molecule has 0 aliphatic carbocycles. The number of hydrogen-bond donors (Lipinski definition) is 1. The molecule has 28 heavy (non-hydrogen) atoms. The fourth-order valence-electron chi connectivity index (χ4n) is 3.34. The summed E-state index contributed by atoms with van der Waals surface area (Å²) in [5, 5.41) is 2.78. The van der Waals surface area contributed by atoms with E-state index in [1.807, 2.05) is 6.92 Å². The molecule has 0 saturated carbocycles. The fourth-order valence-corrected chi connectivity index (χ4v) is 5.06. The highest BCUT2D eigenvalue weighted by atomic mass is 32.2. The normalized spacial score (nSPS) is 17.9. The van der Waals surface area contributed by atoms with Crippen molar-refractivity contribution < 1.29 is 22.7 Å². The van der Waals surface area contributed by atoms with Crippen molar-refractivity contribution in [2.45, 2.75) is 63.3 Å². The maximum Gasteiger partial charge on any atom is 0.306 e. The van der Waals surface area contributed by atoms with Gasteiger partial charge in [-0.05, 0) is 45.2 Å². The predicted octanol–water partition coefficient (Wildman–Crippen LogP) is 2.39. The van der Waals surface area contributed by atoms with E-state index in [1.54, 1.807) is 35.5 Å². The Bertz CT molecular complexity index is 761. The molecule has 0 radical (unpaired) electrons. The van der Waals surface area contributed by atoms with Crippen LogP contribution in [-0.4, -0.2) is 50.3 Å². The molecule has 1 N–H and O–H groups in total. The molecule has 1 aromatic rings. The molecule has 7 nitrogen and oxygen atoms in total. The standard InChI is InChI=1S/C20H30N2O5S/c1-3-27-20(24)12-11-19(23)21-14-13-17-6-4-5-15-22(17)28(25,26)18-9-7-16(2)8-10-18/h7-10,17H,3-6,11-15H2,1-2H3,(H,21,23)/t17-/m0/s1. The molecule has 1 aliphatic heterocycles. The molecule has 2 rings (SSSR count). The lowest BCUT2D eigenvalue weighted by molar-refractivity contribution is -0.144. The number of nitrogens with one attached hydrogen (secondary N) is 1. The van der Waals surface area contributed by atoms with Crippen molar-refractivity contribution in [2.24, 2.45) is 0 Å². The lowest BCUT2D eigenvalue weighted by atomic mass is 10.0. The maximum absolute atomic E-state index is 13.0. The first-order valence-electron chi connectivity index (χ1n) is 9.85. The lowest BCUT2D eigenvalue weighted by Gasteiger charge is -2.34. The van der Waals surface area contributed by atoms with E-state index in [9.17, 15) is 18.0 Å². The Kier molecular flexibility index (Phi) is 8.44. The molecule has 0 aromatic heterocycles. The van der Waals surface area contributed by atoms with Crippen LogP contribution in [0.2, 0.25) is 0 Å². The zero-order chi connectivity index (χ0) is 20.6. The molecule has 0 bridgehead atoms. The van der Waals surface area contributed by atoms with E-state index in [1.165, 1.54) is 0 Å². The summed E-state index contributed by atoms with van der Waals surface area (Å²) < 4.78 is 32.4. The van der Waals surface area contributed by atoms with E-state index in [4.69, 9.17) is 4.74 Å². The van der Waals surface area contributed by atoms with Crippen molar-refractivity contribution in [1.82, 2.24) is 9.62 Å². The van der Waals surface area contributed by atoms with Crippen LogP contribution in [-0.2, 0) is 24.3 Å². The van der Waals surface area contributed by atoms with Crippen LogP contribution in [0.25, 0.3) is 0 Å². The number of piperidine rings is 1. The summed E-state index contributed by atoms with van der Waals surface area (Å²) in [5.74, 6) is -0.614. The number of esters is 1. The van der Waals surface area contributed by atoms with Gasteiger partial charge >= 0.3 is 5.97 Å². The number of carbonyl (C=O) groups is 2. The van der Waals surface area contributed by atoms with Crippen LogP contribution in [0.15, 0.2) is 29.2 Å². The van der Waals surface area contributed by atoms with Gasteiger partial charge in [0.25, 0.3) is 0 Å². The zero-order valence-electron chi connectivity index (χ0n) is 16.6. The molecule has 1 amide bonds. The highest BCUT2D eigenvalue weighted by Gasteiger charge is 2.33. The second kappa shape index (κ2) is 10.6. The number of benzene rings is 1. The van der Waals surface area contributed by atoms with Crippen LogP contribution in [0.4, 0.5) is 0 Å². The van der Waals surface area contributed by atoms with Crippen LogP contribution in [0.5, 0.6) is 0 Å². The van der Waals surface area contributed by atoms with Gasteiger partial charge in [-0.1, -0.05) is 24.1 Å². The Labute approximate surface area is 167 Å². The molecule has 1 saturated heterocycles. The summed E-state index contributed by atoms with van der Waals surface area (Å²) in [5.41, 5.74) is 1.01. The molecule has 1 atom stereocenters. The van der Waals surface area contributed by atoms with Crippen molar-refractivity contribution in [3.8, 4) is 0 Å². The van der Waals surface area contributed by atoms with E-state index in [0.29, 0.717) is 31.0 Å². The molecule has 8 heteroatoms. The highest BCUT2D eigenvalue weighted by molar-refractivity contribution is 7.89. The average molecular weight is 411 g/mol. The number of hydrogen-bond acceptors (Lipinski definition) is 5. The summed E-state index contributed by atoms with van der Waals surface area (Å²) in [7, 11) is -3.55. The molecule has 1 aliphatic rings. The quantitative estimate of drug-likeness (QED) is 0.631. The topological polar surface area (TPSA) is 92.8 Å². The van der Waals surface area contributed by atoms with Gasteiger partial charge in [0.2, 0.25) is 15.9 Å². The van der Waals surface area contributed by atoms with Crippen molar-refractivity contribution in [2.75, 3.05) is 19.7 Å². The smallest absolute Gasteiger partial charge is 0.306 e. The van der Waals surface area contributed by atoms with Crippen molar-refractivity contribution in [1.29, 1.82) is 0 Å². The van der Waals surface area contributed by atoms with Crippen LogP contribution in [0, 0.1) is 6.92 Å². The first-order valence-corrected chi connectivity index (χ1v) is 11.3. The molecule has 1 fully saturated rings. The van der Waals surface area contributed by atoms with Gasteiger partial charge in [0.05, 0.1) is 17.9 Å².